The number of nitrogens with two attached hydrogens (primary N) is 1. The molecule has 2 rings (SSSR count). The molecule has 0 aliphatic carbocycles. The lowest BCUT2D eigenvalue weighted by atomic mass is 10.1. The molecule has 0 saturated heterocycles. The van der Waals surface area contributed by atoms with Gasteiger partial charge in [0, 0.05) is 4.47 Å². The fraction of sp³-hybridized carbons (Fsp3) is 0.182. The zero-order valence-corrected chi connectivity index (χ0v) is 11.2. The molecule has 1 aromatic heterocycles. The first-order valence-corrected chi connectivity index (χ1v) is 6.10. The minimum atomic E-state index is -0.338. The van der Waals surface area contributed by atoms with Crippen LogP contribution in [0, 0.1) is 0 Å². The van der Waals surface area contributed by atoms with Crippen LogP contribution in [-0.4, -0.2) is 21.1 Å². The number of halogens is 1. The van der Waals surface area contributed by atoms with Gasteiger partial charge in [-0.05, 0) is 24.6 Å². The molecule has 94 valence electrons. The maximum absolute atomic E-state index is 11.8. The van der Waals surface area contributed by atoms with Crippen molar-refractivity contribution in [2.24, 2.45) is 0 Å². The van der Waals surface area contributed by atoms with Crippen molar-refractivity contribution in [1.82, 2.24) is 20.5 Å². The van der Waals surface area contributed by atoms with Gasteiger partial charge in [0.2, 0.25) is 11.8 Å². The molecule has 4 N–H and O–H groups in total. The summed E-state index contributed by atoms with van der Waals surface area (Å²) in [7, 11) is 0. The molecule has 0 unspecified atom stereocenters. The number of nitrogens with zero attached hydrogens (tertiary/aromatic N) is 2. The second kappa shape index (κ2) is 5.18. The second-order valence-corrected chi connectivity index (χ2v) is 4.70. The number of hydrogen-bond acceptors (Lipinski definition) is 4. The minimum Gasteiger partial charge on any atom is -0.366 e. The monoisotopic (exact) mass is 309 g/mol. The topological polar surface area (TPSA) is 96.7 Å². The van der Waals surface area contributed by atoms with Gasteiger partial charge in [-0.2, -0.15) is 4.98 Å². The van der Waals surface area contributed by atoms with Crippen molar-refractivity contribution in [3.05, 3.63) is 40.1 Å². The van der Waals surface area contributed by atoms with E-state index in [1.165, 1.54) is 0 Å². The van der Waals surface area contributed by atoms with Crippen LogP contribution in [0.5, 0.6) is 0 Å². The number of carbonyl (C=O) groups excluding carboxylic acids is 1. The van der Waals surface area contributed by atoms with Crippen LogP contribution in [0.15, 0.2) is 28.7 Å². The predicted molar refractivity (Wildman–Crippen MR) is 70.8 cm³/mol. The quantitative estimate of drug-likeness (QED) is 0.803. The van der Waals surface area contributed by atoms with Crippen molar-refractivity contribution in [2.75, 3.05) is 5.73 Å². The highest BCUT2D eigenvalue weighted by molar-refractivity contribution is 9.10. The van der Waals surface area contributed by atoms with Crippen LogP contribution in [0.4, 0.5) is 5.95 Å². The Morgan fingerprint density at radius 2 is 2.11 bits per heavy atom. The van der Waals surface area contributed by atoms with Gasteiger partial charge in [-0.3, -0.25) is 9.89 Å². The molecule has 6 nitrogen and oxygen atoms in total. The van der Waals surface area contributed by atoms with E-state index in [0.29, 0.717) is 0 Å². The van der Waals surface area contributed by atoms with Crippen LogP contribution in [-0.2, 0) is 0 Å². The first-order valence-electron chi connectivity index (χ1n) is 5.30. The lowest BCUT2D eigenvalue weighted by Crippen LogP contribution is -2.27. The third-order valence-electron chi connectivity index (χ3n) is 2.44. The summed E-state index contributed by atoms with van der Waals surface area (Å²) in [5.41, 5.74) is 6.34. The van der Waals surface area contributed by atoms with E-state index in [9.17, 15) is 4.79 Å². The van der Waals surface area contributed by atoms with Crippen molar-refractivity contribution in [3.63, 3.8) is 0 Å². The number of benzene rings is 1. The summed E-state index contributed by atoms with van der Waals surface area (Å²) in [5, 5.41) is 8.87. The molecule has 1 aromatic carbocycles. The van der Waals surface area contributed by atoms with Gasteiger partial charge in [-0.25, -0.2) is 0 Å². The molecule has 1 atom stereocenters. The van der Waals surface area contributed by atoms with E-state index in [0.717, 1.165) is 10.0 Å². The Labute approximate surface area is 112 Å². The first kappa shape index (κ1) is 12.6. The van der Waals surface area contributed by atoms with E-state index in [-0.39, 0.29) is 23.7 Å². The third-order valence-corrected chi connectivity index (χ3v) is 2.96. The van der Waals surface area contributed by atoms with Crippen LogP contribution < -0.4 is 11.1 Å². The Bertz CT molecular complexity index is 551. The van der Waals surface area contributed by atoms with Crippen LogP contribution in [0.25, 0.3) is 0 Å². The molecule has 0 bridgehead atoms. The van der Waals surface area contributed by atoms with Gasteiger partial charge in [0.15, 0.2) is 0 Å². The normalized spacial score (nSPS) is 12.1. The van der Waals surface area contributed by atoms with Gasteiger partial charge in [-0.1, -0.05) is 28.1 Å². The van der Waals surface area contributed by atoms with Gasteiger partial charge in [-0.15, -0.1) is 5.10 Å². The van der Waals surface area contributed by atoms with E-state index in [1.807, 2.05) is 31.2 Å². The van der Waals surface area contributed by atoms with E-state index in [4.69, 9.17) is 5.73 Å². The molecule has 0 aliphatic rings. The molecule has 0 spiro atoms. The highest BCUT2D eigenvalue weighted by Crippen LogP contribution is 2.16. The van der Waals surface area contributed by atoms with Gasteiger partial charge >= 0.3 is 0 Å². The Morgan fingerprint density at radius 3 is 2.67 bits per heavy atom. The summed E-state index contributed by atoms with van der Waals surface area (Å²) < 4.78 is 0.993. The number of hydrogen-bond donors (Lipinski definition) is 3. The van der Waals surface area contributed by atoms with Crippen LogP contribution in [0.3, 0.4) is 0 Å². The number of aromatic nitrogens is 3. The zero-order chi connectivity index (χ0) is 13.1. The molecule has 0 aliphatic heterocycles. The number of anilines is 1. The molecule has 1 amide bonds. The van der Waals surface area contributed by atoms with Crippen LogP contribution in [0.1, 0.15) is 29.1 Å². The molecule has 0 fully saturated rings. The largest absolute Gasteiger partial charge is 0.366 e. The molecule has 0 radical (unpaired) electrons. The summed E-state index contributed by atoms with van der Waals surface area (Å²) in [6, 6.07) is 7.58. The van der Waals surface area contributed by atoms with Crippen molar-refractivity contribution >= 4 is 27.8 Å². The predicted octanol–water partition coefficient (Wildman–Crippen LogP) is 1.64. The molecular weight excluding hydrogens is 298 g/mol. The molecule has 18 heavy (non-hydrogen) atoms. The smallest absolute Gasteiger partial charge is 0.289 e. The van der Waals surface area contributed by atoms with Crippen LogP contribution >= 0.6 is 15.9 Å². The highest BCUT2D eigenvalue weighted by Gasteiger charge is 2.14. The van der Waals surface area contributed by atoms with Gasteiger partial charge in [0.1, 0.15) is 0 Å². The standard InChI is InChI=1S/C11H12BrN5O/c1-6(7-2-4-8(12)5-3-7)14-10(18)9-15-11(13)17-16-9/h2-6H,1H3,(H,14,18)(H3,13,15,16,17)/t6-/m1/s1. The Hall–Kier alpha value is -1.89. The van der Waals surface area contributed by atoms with E-state index < -0.39 is 0 Å². The summed E-state index contributed by atoms with van der Waals surface area (Å²) in [6.07, 6.45) is 0. The maximum Gasteiger partial charge on any atom is 0.289 e. The average molecular weight is 310 g/mol. The summed E-state index contributed by atoms with van der Waals surface area (Å²) >= 11 is 3.36. The molecule has 0 saturated carbocycles. The number of H-pyrrole nitrogens is 1. The van der Waals surface area contributed by atoms with Gasteiger partial charge in [0.25, 0.3) is 5.91 Å². The average Bonchev–Trinajstić information content (AvgIpc) is 2.76. The lowest BCUT2D eigenvalue weighted by molar-refractivity contribution is 0.0930. The number of rotatable bonds is 3. The van der Waals surface area contributed by atoms with Crippen molar-refractivity contribution in [1.29, 1.82) is 0 Å². The molecule has 2 aromatic rings. The zero-order valence-electron chi connectivity index (χ0n) is 9.64. The van der Waals surface area contributed by atoms with E-state index in [2.05, 4.69) is 36.4 Å². The second-order valence-electron chi connectivity index (χ2n) is 3.79. The Morgan fingerprint density at radius 1 is 1.44 bits per heavy atom. The highest BCUT2D eigenvalue weighted by atomic mass is 79.9. The summed E-state index contributed by atoms with van der Waals surface area (Å²) in [6.45, 7) is 1.89. The Balaban J connectivity index is 2.05. The summed E-state index contributed by atoms with van der Waals surface area (Å²) in [5.74, 6) is -0.178. The number of aromatic amines is 1. The molecular formula is C11H12BrN5O. The first-order chi connectivity index (χ1) is 8.56. The maximum atomic E-state index is 11.8. The molecule has 7 heteroatoms. The molecule has 1 heterocycles. The Kier molecular flexibility index (Phi) is 3.61. The third kappa shape index (κ3) is 2.86. The van der Waals surface area contributed by atoms with Crippen LogP contribution in [0.2, 0.25) is 0 Å². The lowest BCUT2D eigenvalue weighted by Gasteiger charge is -2.13. The van der Waals surface area contributed by atoms with E-state index in [1.54, 1.807) is 0 Å². The van der Waals surface area contributed by atoms with E-state index >= 15 is 0 Å². The number of nitrogens with one attached hydrogen (secondary N) is 2. The SMILES string of the molecule is C[C@@H](NC(=O)c1nc(N)n[nH]1)c1ccc(Br)cc1. The summed E-state index contributed by atoms with van der Waals surface area (Å²) in [4.78, 5) is 15.6. The van der Waals surface area contributed by atoms with Gasteiger partial charge in [0.05, 0.1) is 6.04 Å². The number of carbonyl (C=O) groups is 1. The number of nitrogen functional groups attached to an aromatic ring is 1. The fourth-order valence-corrected chi connectivity index (χ4v) is 1.74. The van der Waals surface area contributed by atoms with Crippen molar-refractivity contribution in [2.45, 2.75) is 13.0 Å². The fourth-order valence-electron chi connectivity index (χ4n) is 1.48. The minimum absolute atomic E-state index is 0.0523. The number of amides is 1. The van der Waals surface area contributed by atoms with Gasteiger partial charge < -0.3 is 11.1 Å². The van der Waals surface area contributed by atoms with Crippen molar-refractivity contribution < 1.29 is 4.79 Å². The van der Waals surface area contributed by atoms with Crippen molar-refractivity contribution in [3.8, 4) is 0 Å².